The van der Waals surface area contributed by atoms with Gasteiger partial charge in [0.15, 0.2) is 0 Å². The summed E-state index contributed by atoms with van der Waals surface area (Å²) in [4.78, 5) is 0. The monoisotopic (exact) mass is 651 g/mol. The molecule has 7 aromatic carbocycles. The third kappa shape index (κ3) is 5.25. The fourth-order valence-electron chi connectivity index (χ4n) is 8.36. The molecule has 1 heterocycles. The molecular formula is C50H37N. The number of aryl methyl sites for hydroxylation is 1. The first-order chi connectivity index (χ1) is 25.3. The van der Waals surface area contributed by atoms with E-state index in [1.165, 1.54) is 88.3 Å². The maximum Gasteiger partial charge on any atom is 0.0531 e. The summed E-state index contributed by atoms with van der Waals surface area (Å²) in [7, 11) is 0. The van der Waals surface area contributed by atoms with Crippen LogP contribution < -0.4 is 0 Å². The van der Waals surface area contributed by atoms with Crippen LogP contribution in [0.5, 0.6) is 0 Å². The molecule has 1 nitrogen and oxygen atoms in total. The van der Waals surface area contributed by atoms with Crippen LogP contribution in [-0.2, 0) is 6.42 Å². The van der Waals surface area contributed by atoms with E-state index in [-0.39, 0.29) is 0 Å². The minimum absolute atomic E-state index is 0.304. The quantitative estimate of drug-likeness (QED) is 0.163. The molecule has 1 unspecified atom stereocenters. The highest BCUT2D eigenvalue weighted by atomic mass is 15.0. The van der Waals surface area contributed by atoms with Gasteiger partial charge in [-0.25, -0.2) is 0 Å². The van der Waals surface area contributed by atoms with E-state index in [2.05, 4.69) is 187 Å². The molecular weight excluding hydrogens is 615 g/mol. The first-order valence-corrected chi connectivity index (χ1v) is 18.2. The maximum atomic E-state index is 2.52. The predicted molar refractivity (Wildman–Crippen MR) is 218 cm³/mol. The van der Waals surface area contributed by atoms with Gasteiger partial charge in [0.1, 0.15) is 0 Å². The van der Waals surface area contributed by atoms with Crippen LogP contribution in [0.15, 0.2) is 176 Å². The number of rotatable bonds is 5. The highest BCUT2D eigenvalue weighted by molar-refractivity contribution is 6.10. The molecule has 2 aliphatic carbocycles. The molecule has 0 amide bonds. The lowest BCUT2D eigenvalue weighted by molar-refractivity contribution is 0.787. The van der Waals surface area contributed by atoms with Gasteiger partial charge in [-0.15, -0.1) is 0 Å². The molecule has 0 fully saturated rings. The summed E-state index contributed by atoms with van der Waals surface area (Å²) in [6.45, 7) is 0. The van der Waals surface area contributed by atoms with E-state index in [1.807, 2.05) is 0 Å². The van der Waals surface area contributed by atoms with Gasteiger partial charge in [-0.3, -0.25) is 0 Å². The molecule has 0 radical (unpaired) electrons. The summed E-state index contributed by atoms with van der Waals surface area (Å²) in [6.07, 6.45) is 16.7. The van der Waals surface area contributed by atoms with Gasteiger partial charge in [-0.2, -0.15) is 0 Å². The highest BCUT2D eigenvalue weighted by Gasteiger charge is 2.21. The normalized spacial score (nSPS) is 15.2. The molecule has 0 saturated carbocycles. The van der Waals surface area contributed by atoms with Crippen molar-refractivity contribution in [3.63, 3.8) is 0 Å². The van der Waals surface area contributed by atoms with E-state index in [0.717, 1.165) is 19.3 Å². The van der Waals surface area contributed by atoms with Crippen molar-refractivity contribution in [3.8, 4) is 39.2 Å². The maximum absolute atomic E-state index is 2.52. The Kier molecular flexibility index (Phi) is 7.17. The number of aromatic nitrogens is 1. The van der Waals surface area contributed by atoms with E-state index >= 15 is 0 Å². The van der Waals surface area contributed by atoms with Crippen LogP contribution in [0, 0.1) is 0 Å². The molecule has 0 N–H and O–H groups in total. The zero-order valence-electron chi connectivity index (χ0n) is 28.5. The van der Waals surface area contributed by atoms with Crippen LogP contribution >= 0.6 is 0 Å². The minimum atomic E-state index is 0.304. The number of hydrogen-bond acceptors (Lipinski definition) is 0. The smallest absolute Gasteiger partial charge is 0.0531 e. The number of hydrogen-bond donors (Lipinski definition) is 0. The highest BCUT2D eigenvalue weighted by Crippen LogP contribution is 2.41. The van der Waals surface area contributed by atoms with Gasteiger partial charge in [0.05, 0.1) is 5.69 Å². The summed E-state index contributed by atoms with van der Waals surface area (Å²) in [5.74, 6) is 0.304. The third-order valence-electron chi connectivity index (χ3n) is 10.9. The van der Waals surface area contributed by atoms with Crippen molar-refractivity contribution in [2.24, 2.45) is 0 Å². The van der Waals surface area contributed by atoms with E-state index in [0.29, 0.717) is 5.92 Å². The van der Waals surface area contributed by atoms with Crippen molar-refractivity contribution in [1.29, 1.82) is 0 Å². The zero-order chi connectivity index (χ0) is 33.7. The lowest BCUT2D eigenvalue weighted by Crippen LogP contribution is -2.07. The van der Waals surface area contributed by atoms with Gasteiger partial charge in [0.25, 0.3) is 0 Å². The average molecular weight is 652 g/mol. The fraction of sp³-hybridized carbons (Fsp3) is 0.0800. The van der Waals surface area contributed by atoms with Gasteiger partial charge in [0.2, 0.25) is 0 Å². The molecule has 0 bridgehead atoms. The Hall–Kier alpha value is -6.18. The molecule has 10 rings (SSSR count). The zero-order valence-corrected chi connectivity index (χ0v) is 28.5. The molecule has 1 heteroatoms. The second kappa shape index (κ2) is 12.3. The average Bonchev–Trinajstić information content (AvgIpc) is 3.65. The molecule has 1 atom stereocenters. The van der Waals surface area contributed by atoms with Crippen molar-refractivity contribution < 1.29 is 0 Å². The number of allylic oxidation sites excluding steroid dienone is 5. The third-order valence-corrected chi connectivity index (χ3v) is 10.9. The Morgan fingerprint density at radius 2 is 1.31 bits per heavy atom. The topological polar surface area (TPSA) is 4.93 Å². The first-order valence-electron chi connectivity index (χ1n) is 18.2. The van der Waals surface area contributed by atoms with Crippen LogP contribution in [0.2, 0.25) is 0 Å². The standard InChI is InChI=1S/C50H37N/c1-3-14-36(15-4-1)49-26-27-50(37-16-5-2-6-17-37)51(49)44-30-43-32-46-40(20-11-21-45(46)41-24-22-34-12-7-9-18-38(34)28-41)31-47(43)48(33-44)42-25-23-35-13-8-10-19-39(35)29-42/h1-9,11-16,18,20-33,37H,10,17,19H2. The predicted octanol–water partition coefficient (Wildman–Crippen LogP) is 13.5. The van der Waals surface area contributed by atoms with E-state index in [1.54, 1.807) is 0 Å². The Morgan fingerprint density at radius 1 is 0.510 bits per heavy atom. The number of benzene rings is 7. The molecule has 2 aliphatic rings. The van der Waals surface area contributed by atoms with E-state index in [4.69, 9.17) is 0 Å². The van der Waals surface area contributed by atoms with E-state index < -0.39 is 0 Å². The van der Waals surface area contributed by atoms with Gasteiger partial charge >= 0.3 is 0 Å². The summed E-state index contributed by atoms with van der Waals surface area (Å²) >= 11 is 0. The molecule has 1 aromatic heterocycles. The Bertz CT molecular complexity index is 2720. The summed E-state index contributed by atoms with van der Waals surface area (Å²) in [6, 6.07) is 54.6. The largest absolute Gasteiger partial charge is 0.313 e. The lowest BCUT2D eigenvalue weighted by Gasteiger charge is -2.22. The van der Waals surface area contributed by atoms with Crippen molar-refractivity contribution in [3.05, 3.63) is 193 Å². The summed E-state index contributed by atoms with van der Waals surface area (Å²) in [5, 5.41) is 7.59. The molecule has 0 saturated heterocycles. The van der Waals surface area contributed by atoms with Crippen LogP contribution in [0.3, 0.4) is 0 Å². The van der Waals surface area contributed by atoms with Crippen molar-refractivity contribution in [2.75, 3.05) is 0 Å². The van der Waals surface area contributed by atoms with Crippen LogP contribution in [0.25, 0.3) is 77.6 Å². The Labute approximate surface area is 299 Å². The first kappa shape index (κ1) is 29.7. The molecule has 0 aliphatic heterocycles. The summed E-state index contributed by atoms with van der Waals surface area (Å²) in [5.41, 5.74) is 12.8. The van der Waals surface area contributed by atoms with Gasteiger partial charge in [-0.05, 0) is 133 Å². The van der Waals surface area contributed by atoms with Crippen molar-refractivity contribution in [2.45, 2.75) is 25.2 Å². The number of nitrogens with zero attached hydrogens (tertiary/aromatic N) is 1. The van der Waals surface area contributed by atoms with Gasteiger partial charge < -0.3 is 4.57 Å². The van der Waals surface area contributed by atoms with Crippen LogP contribution in [-0.4, -0.2) is 4.57 Å². The second-order valence-electron chi connectivity index (χ2n) is 14.0. The summed E-state index contributed by atoms with van der Waals surface area (Å²) < 4.78 is 2.52. The molecule has 242 valence electrons. The number of fused-ring (bicyclic) bond motifs is 4. The Balaban J connectivity index is 1.25. The molecule has 0 spiro atoms. The van der Waals surface area contributed by atoms with E-state index in [9.17, 15) is 0 Å². The molecule has 51 heavy (non-hydrogen) atoms. The lowest BCUT2D eigenvalue weighted by atomic mass is 9.89. The SMILES string of the molecule is C1=CCC(c2ccc(-c3ccccc3)n2-c2cc(-c3ccc4c(c3)CCC=C4)c3cc4cccc(-c5ccc6ccccc6c5)c4cc3c2)C=C1. The Morgan fingerprint density at radius 3 is 2.22 bits per heavy atom. The van der Waals surface area contributed by atoms with Crippen LogP contribution in [0.1, 0.15) is 35.6 Å². The van der Waals surface area contributed by atoms with Crippen LogP contribution in [0.4, 0.5) is 0 Å². The minimum Gasteiger partial charge on any atom is -0.313 e. The van der Waals surface area contributed by atoms with Gasteiger partial charge in [0, 0.05) is 17.3 Å². The molecule has 8 aromatic rings. The van der Waals surface area contributed by atoms with Crippen molar-refractivity contribution in [1.82, 2.24) is 4.57 Å². The second-order valence-corrected chi connectivity index (χ2v) is 14.0. The fourth-order valence-corrected chi connectivity index (χ4v) is 8.36. The van der Waals surface area contributed by atoms with Gasteiger partial charge in [-0.1, -0.05) is 140 Å². The van der Waals surface area contributed by atoms with Crippen molar-refractivity contribution >= 4 is 38.4 Å².